The van der Waals surface area contributed by atoms with Crippen LogP contribution < -0.4 is 9.64 Å². The second-order valence-corrected chi connectivity index (χ2v) is 6.15. The molecule has 0 saturated heterocycles. The average molecular weight is 335 g/mol. The van der Waals surface area contributed by atoms with Crippen LogP contribution >= 0.6 is 0 Å². The third-order valence-electron chi connectivity index (χ3n) is 4.65. The van der Waals surface area contributed by atoms with Gasteiger partial charge in [-0.1, -0.05) is 30.3 Å². The molecule has 0 radical (unpaired) electrons. The second-order valence-electron chi connectivity index (χ2n) is 6.15. The van der Waals surface area contributed by atoms with Crippen LogP contribution in [0.4, 0.5) is 5.69 Å². The van der Waals surface area contributed by atoms with E-state index in [4.69, 9.17) is 9.47 Å². The Bertz CT molecular complexity index is 875. The zero-order valence-electron chi connectivity index (χ0n) is 13.8. The Morgan fingerprint density at radius 3 is 2.68 bits per heavy atom. The number of ketones is 1. The monoisotopic (exact) mass is 335 g/mol. The maximum Gasteiger partial charge on any atom is 0.276 e. The van der Waals surface area contributed by atoms with Crippen LogP contribution in [0.25, 0.3) is 0 Å². The van der Waals surface area contributed by atoms with Crippen LogP contribution in [-0.4, -0.2) is 18.8 Å². The van der Waals surface area contributed by atoms with E-state index in [9.17, 15) is 9.59 Å². The summed E-state index contributed by atoms with van der Waals surface area (Å²) in [5, 5.41) is 0. The van der Waals surface area contributed by atoms with Crippen molar-refractivity contribution in [1.29, 1.82) is 0 Å². The number of allylic oxidation sites excluding steroid dienone is 1. The van der Waals surface area contributed by atoms with E-state index in [1.165, 1.54) is 12.3 Å². The number of ether oxygens (including phenoxy) is 2. The molecular weight excluding hydrogens is 318 g/mol. The Kier molecular flexibility index (Phi) is 3.57. The molecule has 0 aliphatic carbocycles. The largest absolute Gasteiger partial charge is 0.497 e. The van der Waals surface area contributed by atoms with Gasteiger partial charge >= 0.3 is 0 Å². The Morgan fingerprint density at radius 1 is 1.16 bits per heavy atom. The lowest BCUT2D eigenvalue weighted by molar-refractivity contribution is -0.143. The highest BCUT2D eigenvalue weighted by molar-refractivity contribution is 6.10. The predicted molar refractivity (Wildman–Crippen MR) is 92.2 cm³/mol. The Labute approximate surface area is 145 Å². The summed E-state index contributed by atoms with van der Waals surface area (Å²) in [4.78, 5) is 26.9. The molecule has 0 unspecified atom stereocenters. The van der Waals surface area contributed by atoms with Crippen molar-refractivity contribution in [2.45, 2.75) is 18.6 Å². The van der Waals surface area contributed by atoms with E-state index in [0.717, 1.165) is 11.3 Å². The molecule has 4 rings (SSSR count). The third-order valence-corrected chi connectivity index (χ3v) is 4.65. The first-order chi connectivity index (χ1) is 12.1. The van der Waals surface area contributed by atoms with Crippen molar-refractivity contribution in [2.75, 3.05) is 12.0 Å². The van der Waals surface area contributed by atoms with Crippen LogP contribution in [0.15, 0.2) is 60.9 Å². The quantitative estimate of drug-likeness (QED) is 0.865. The predicted octanol–water partition coefficient (Wildman–Crippen LogP) is 2.94. The third kappa shape index (κ3) is 2.39. The Balaban J connectivity index is 1.82. The first-order valence-electron chi connectivity index (χ1n) is 8.06. The number of nitrogens with zero attached hydrogens (tertiary/aromatic N) is 1. The highest BCUT2D eigenvalue weighted by Gasteiger charge is 2.54. The van der Waals surface area contributed by atoms with Gasteiger partial charge in [0.15, 0.2) is 5.78 Å². The van der Waals surface area contributed by atoms with E-state index >= 15 is 0 Å². The van der Waals surface area contributed by atoms with Gasteiger partial charge in [0.2, 0.25) is 5.60 Å². The molecule has 0 aromatic heterocycles. The molecule has 1 spiro atoms. The van der Waals surface area contributed by atoms with Gasteiger partial charge < -0.3 is 14.4 Å². The van der Waals surface area contributed by atoms with Crippen LogP contribution in [0.2, 0.25) is 0 Å². The number of carbonyl (C=O) groups excluding carboxylic acids is 2. The average Bonchev–Trinajstić information content (AvgIpc) is 2.85. The van der Waals surface area contributed by atoms with E-state index < -0.39 is 5.60 Å². The van der Waals surface area contributed by atoms with E-state index in [0.29, 0.717) is 17.9 Å². The zero-order valence-corrected chi connectivity index (χ0v) is 13.8. The summed E-state index contributed by atoms with van der Waals surface area (Å²) in [5.41, 5.74) is 1.14. The molecule has 1 amide bonds. The van der Waals surface area contributed by atoms with Gasteiger partial charge in [-0.2, -0.15) is 0 Å². The van der Waals surface area contributed by atoms with Gasteiger partial charge in [-0.15, -0.1) is 0 Å². The highest BCUT2D eigenvalue weighted by atomic mass is 16.5. The number of methoxy groups -OCH3 is 1. The van der Waals surface area contributed by atoms with Crippen LogP contribution in [0.1, 0.15) is 17.5 Å². The number of rotatable bonds is 3. The van der Waals surface area contributed by atoms with E-state index in [1.807, 2.05) is 42.5 Å². The van der Waals surface area contributed by atoms with Crippen LogP contribution in [0.5, 0.6) is 5.75 Å². The summed E-state index contributed by atoms with van der Waals surface area (Å²) in [6.45, 7) is 0.406. The molecule has 2 aliphatic rings. The van der Waals surface area contributed by atoms with Crippen molar-refractivity contribution in [3.8, 4) is 5.75 Å². The fourth-order valence-corrected chi connectivity index (χ4v) is 3.43. The standard InChI is InChI=1S/C20H17NO4/c1-24-16-7-8-17-18(11-16)21(13-14-5-3-2-4-6-14)19(23)20(17)12-15(22)9-10-25-20/h2-11H,12-13H2,1H3/t20-/m0/s1. The molecule has 2 aliphatic heterocycles. The smallest absolute Gasteiger partial charge is 0.276 e. The lowest BCUT2D eigenvalue weighted by Gasteiger charge is -2.29. The maximum atomic E-state index is 13.3. The summed E-state index contributed by atoms with van der Waals surface area (Å²) in [7, 11) is 1.58. The van der Waals surface area contributed by atoms with Gasteiger partial charge in [0.05, 0.1) is 32.0 Å². The van der Waals surface area contributed by atoms with Crippen molar-refractivity contribution in [1.82, 2.24) is 0 Å². The minimum Gasteiger partial charge on any atom is -0.497 e. The van der Waals surface area contributed by atoms with E-state index in [2.05, 4.69) is 0 Å². The molecule has 0 saturated carbocycles. The van der Waals surface area contributed by atoms with Crippen LogP contribution in [-0.2, 0) is 26.5 Å². The fourth-order valence-electron chi connectivity index (χ4n) is 3.43. The van der Waals surface area contributed by atoms with Crippen molar-refractivity contribution >= 4 is 17.4 Å². The first kappa shape index (κ1) is 15.4. The number of amides is 1. The molecule has 2 aromatic rings. The first-order valence-corrected chi connectivity index (χ1v) is 8.06. The lowest BCUT2D eigenvalue weighted by atomic mass is 9.88. The number of benzene rings is 2. The zero-order chi connectivity index (χ0) is 17.4. The summed E-state index contributed by atoms with van der Waals surface area (Å²) in [6.07, 6.45) is 2.69. The fraction of sp³-hybridized carbons (Fsp3) is 0.200. The molecule has 0 bridgehead atoms. The number of hydrogen-bond donors (Lipinski definition) is 0. The van der Waals surface area contributed by atoms with Gasteiger partial charge in [-0.3, -0.25) is 9.59 Å². The van der Waals surface area contributed by atoms with Gasteiger partial charge in [-0.25, -0.2) is 0 Å². The minimum absolute atomic E-state index is 0.00690. The molecule has 0 N–H and O–H groups in total. The van der Waals surface area contributed by atoms with Crippen molar-refractivity contribution < 1.29 is 19.1 Å². The second kappa shape index (κ2) is 5.77. The van der Waals surface area contributed by atoms with E-state index in [1.54, 1.807) is 18.1 Å². The normalized spacial score (nSPS) is 21.4. The molecule has 25 heavy (non-hydrogen) atoms. The van der Waals surface area contributed by atoms with Crippen LogP contribution in [0, 0.1) is 0 Å². The molecule has 5 heteroatoms. The van der Waals surface area contributed by atoms with Gasteiger partial charge in [0, 0.05) is 17.7 Å². The van der Waals surface area contributed by atoms with Gasteiger partial charge in [0.25, 0.3) is 5.91 Å². The SMILES string of the molecule is COc1ccc2c(c1)N(Cc1ccccc1)C(=O)[C@]21CC(=O)C=CO1. The molecule has 5 nitrogen and oxygen atoms in total. The van der Waals surface area contributed by atoms with Crippen molar-refractivity contribution in [3.05, 3.63) is 72.0 Å². The number of anilines is 1. The topological polar surface area (TPSA) is 55.8 Å². The van der Waals surface area contributed by atoms with Crippen molar-refractivity contribution in [2.24, 2.45) is 0 Å². The maximum absolute atomic E-state index is 13.3. The summed E-state index contributed by atoms with van der Waals surface area (Å²) < 4.78 is 11.1. The summed E-state index contributed by atoms with van der Waals surface area (Å²) in [6, 6.07) is 15.1. The number of carbonyl (C=O) groups is 2. The van der Waals surface area contributed by atoms with Gasteiger partial charge in [0.1, 0.15) is 5.75 Å². The van der Waals surface area contributed by atoms with Crippen molar-refractivity contribution in [3.63, 3.8) is 0 Å². The highest BCUT2D eigenvalue weighted by Crippen LogP contribution is 2.48. The minimum atomic E-state index is -1.28. The van der Waals surface area contributed by atoms with Crippen LogP contribution in [0.3, 0.4) is 0 Å². The summed E-state index contributed by atoms with van der Waals surface area (Å²) in [5.74, 6) is 0.305. The number of fused-ring (bicyclic) bond motifs is 2. The van der Waals surface area contributed by atoms with E-state index in [-0.39, 0.29) is 18.1 Å². The summed E-state index contributed by atoms with van der Waals surface area (Å²) >= 11 is 0. The molecule has 0 fully saturated rings. The van der Waals surface area contributed by atoms with Gasteiger partial charge in [-0.05, 0) is 17.7 Å². The Morgan fingerprint density at radius 2 is 1.96 bits per heavy atom. The Hall–Kier alpha value is -3.08. The molecule has 1 atom stereocenters. The molecule has 126 valence electrons. The lowest BCUT2D eigenvalue weighted by Crippen LogP contribution is -2.43. The number of hydrogen-bond acceptors (Lipinski definition) is 4. The molecule has 2 aromatic carbocycles. The molecular formula is C20H17NO4. The molecule has 2 heterocycles.